The third kappa shape index (κ3) is 4.01. The standard InChI is InChI=1S/C18H26N6O2/c1-13(2)18-22-7-9-23(18)8-4-15(25)24-10-11-26-14(12-24)16-17(19-3)21-6-5-20-16/h5-7,9,13-14H,4,8,10-12H2,1-3H3,(H,19,21)/t14-/m1/s1. The number of carbonyl (C=O) groups is 1. The Hall–Kier alpha value is -2.48. The summed E-state index contributed by atoms with van der Waals surface area (Å²) in [5, 5.41) is 3.03. The second kappa shape index (κ2) is 8.27. The molecule has 26 heavy (non-hydrogen) atoms. The van der Waals surface area contributed by atoms with E-state index in [0.717, 1.165) is 11.5 Å². The molecule has 0 saturated carbocycles. The molecule has 0 aliphatic carbocycles. The van der Waals surface area contributed by atoms with E-state index in [9.17, 15) is 4.79 Å². The quantitative estimate of drug-likeness (QED) is 0.848. The third-order valence-electron chi connectivity index (χ3n) is 4.52. The van der Waals surface area contributed by atoms with Crippen LogP contribution in [0.15, 0.2) is 24.8 Å². The molecule has 0 aromatic carbocycles. The number of hydrogen-bond acceptors (Lipinski definition) is 6. The summed E-state index contributed by atoms with van der Waals surface area (Å²) in [6.45, 7) is 6.44. The number of anilines is 1. The Bertz CT molecular complexity index is 745. The summed E-state index contributed by atoms with van der Waals surface area (Å²) in [7, 11) is 1.80. The van der Waals surface area contributed by atoms with Gasteiger partial charge in [-0.15, -0.1) is 0 Å². The smallest absolute Gasteiger partial charge is 0.224 e. The molecule has 0 radical (unpaired) electrons. The largest absolute Gasteiger partial charge is 0.372 e. The average Bonchev–Trinajstić information content (AvgIpc) is 3.15. The van der Waals surface area contributed by atoms with Crippen LogP contribution in [0.3, 0.4) is 0 Å². The number of nitrogens with one attached hydrogen (secondary N) is 1. The molecule has 0 unspecified atom stereocenters. The summed E-state index contributed by atoms with van der Waals surface area (Å²) in [4.78, 5) is 27.6. The maximum Gasteiger partial charge on any atom is 0.224 e. The molecule has 1 atom stereocenters. The zero-order valence-corrected chi connectivity index (χ0v) is 15.6. The number of amides is 1. The van der Waals surface area contributed by atoms with E-state index in [4.69, 9.17) is 4.74 Å². The van der Waals surface area contributed by atoms with Gasteiger partial charge in [-0.25, -0.2) is 9.97 Å². The van der Waals surface area contributed by atoms with Gasteiger partial charge in [-0.05, 0) is 0 Å². The van der Waals surface area contributed by atoms with E-state index in [1.165, 1.54) is 0 Å². The summed E-state index contributed by atoms with van der Waals surface area (Å²) < 4.78 is 7.89. The van der Waals surface area contributed by atoms with E-state index in [1.54, 1.807) is 25.6 Å². The van der Waals surface area contributed by atoms with Gasteiger partial charge in [-0.3, -0.25) is 9.78 Å². The highest BCUT2D eigenvalue weighted by Crippen LogP contribution is 2.25. The Kier molecular flexibility index (Phi) is 5.82. The van der Waals surface area contributed by atoms with Crippen molar-refractivity contribution in [3.05, 3.63) is 36.3 Å². The third-order valence-corrected chi connectivity index (χ3v) is 4.52. The van der Waals surface area contributed by atoms with Gasteiger partial charge in [0.05, 0.1) is 13.2 Å². The molecule has 1 N–H and O–H groups in total. The SMILES string of the molecule is CNc1nccnc1[C@H]1CN(C(=O)CCn2ccnc2C(C)C)CCO1. The summed E-state index contributed by atoms with van der Waals surface area (Å²) in [6, 6.07) is 0. The fourth-order valence-electron chi connectivity index (χ4n) is 3.20. The fourth-order valence-corrected chi connectivity index (χ4v) is 3.20. The first-order chi connectivity index (χ1) is 12.6. The lowest BCUT2D eigenvalue weighted by Crippen LogP contribution is -2.42. The van der Waals surface area contributed by atoms with Crippen molar-refractivity contribution in [2.75, 3.05) is 32.1 Å². The van der Waals surface area contributed by atoms with Crippen LogP contribution in [0.1, 0.15) is 43.8 Å². The van der Waals surface area contributed by atoms with Crippen molar-refractivity contribution >= 4 is 11.7 Å². The summed E-state index contributed by atoms with van der Waals surface area (Å²) in [5.74, 6) is 2.16. The van der Waals surface area contributed by atoms with Crippen LogP contribution in [0.25, 0.3) is 0 Å². The molecule has 140 valence electrons. The minimum Gasteiger partial charge on any atom is -0.372 e. The molecular formula is C18H26N6O2. The highest BCUT2D eigenvalue weighted by molar-refractivity contribution is 5.76. The van der Waals surface area contributed by atoms with Crippen LogP contribution < -0.4 is 5.32 Å². The van der Waals surface area contributed by atoms with Crippen LogP contribution in [0, 0.1) is 0 Å². The molecule has 3 heterocycles. The number of hydrogen-bond donors (Lipinski definition) is 1. The van der Waals surface area contributed by atoms with Gasteiger partial charge in [-0.2, -0.15) is 0 Å². The van der Waals surface area contributed by atoms with Gasteiger partial charge in [0.2, 0.25) is 5.91 Å². The second-order valence-electron chi connectivity index (χ2n) is 6.62. The number of morpholine rings is 1. The molecule has 1 fully saturated rings. The predicted molar refractivity (Wildman–Crippen MR) is 97.8 cm³/mol. The highest BCUT2D eigenvalue weighted by atomic mass is 16.5. The first-order valence-corrected chi connectivity index (χ1v) is 8.99. The molecule has 0 bridgehead atoms. The minimum atomic E-state index is -0.261. The molecule has 3 rings (SSSR count). The van der Waals surface area contributed by atoms with Crippen LogP contribution in [0.2, 0.25) is 0 Å². The summed E-state index contributed by atoms with van der Waals surface area (Å²) >= 11 is 0. The van der Waals surface area contributed by atoms with Gasteiger partial charge in [0.1, 0.15) is 23.4 Å². The van der Waals surface area contributed by atoms with E-state index in [0.29, 0.717) is 44.4 Å². The van der Waals surface area contributed by atoms with Gasteiger partial charge in [0.25, 0.3) is 0 Å². The van der Waals surface area contributed by atoms with Crippen molar-refractivity contribution in [3.8, 4) is 0 Å². The van der Waals surface area contributed by atoms with Crippen molar-refractivity contribution in [1.82, 2.24) is 24.4 Å². The van der Waals surface area contributed by atoms with Gasteiger partial charge < -0.3 is 19.5 Å². The molecule has 1 saturated heterocycles. The van der Waals surface area contributed by atoms with E-state index in [-0.39, 0.29) is 12.0 Å². The highest BCUT2D eigenvalue weighted by Gasteiger charge is 2.28. The number of nitrogens with zero attached hydrogens (tertiary/aromatic N) is 5. The number of carbonyl (C=O) groups excluding carboxylic acids is 1. The molecular weight excluding hydrogens is 332 g/mol. The van der Waals surface area contributed by atoms with Crippen LogP contribution in [0.5, 0.6) is 0 Å². The van der Waals surface area contributed by atoms with Crippen molar-refractivity contribution < 1.29 is 9.53 Å². The zero-order chi connectivity index (χ0) is 18.5. The molecule has 1 aliphatic rings. The number of imidazole rings is 1. The number of aryl methyl sites for hydroxylation is 1. The molecule has 0 spiro atoms. The average molecular weight is 358 g/mol. The zero-order valence-electron chi connectivity index (χ0n) is 15.6. The first-order valence-electron chi connectivity index (χ1n) is 8.99. The first kappa shape index (κ1) is 18.3. The Balaban J connectivity index is 1.62. The number of aromatic nitrogens is 4. The van der Waals surface area contributed by atoms with E-state index in [1.807, 2.05) is 11.1 Å². The lowest BCUT2D eigenvalue weighted by molar-refractivity contribution is -0.139. The monoisotopic (exact) mass is 358 g/mol. The van der Waals surface area contributed by atoms with Gasteiger partial charge in [0, 0.05) is 57.3 Å². The van der Waals surface area contributed by atoms with E-state index >= 15 is 0 Å². The summed E-state index contributed by atoms with van der Waals surface area (Å²) in [5.41, 5.74) is 0.740. The second-order valence-corrected chi connectivity index (χ2v) is 6.62. The molecule has 8 nitrogen and oxygen atoms in total. The van der Waals surface area contributed by atoms with Crippen LogP contribution in [-0.4, -0.2) is 57.1 Å². The molecule has 2 aromatic heterocycles. The van der Waals surface area contributed by atoms with Crippen molar-refractivity contribution in [2.24, 2.45) is 0 Å². The number of rotatable bonds is 6. The van der Waals surface area contributed by atoms with Gasteiger partial charge in [0.15, 0.2) is 0 Å². The van der Waals surface area contributed by atoms with Crippen molar-refractivity contribution in [2.45, 2.75) is 38.8 Å². The predicted octanol–water partition coefficient (Wildman–Crippen LogP) is 1.83. The van der Waals surface area contributed by atoms with Crippen LogP contribution in [-0.2, 0) is 16.1 Å². The Morgan fingerprint density at radius 3 is 2.88 bits per heavy atom. The van der Waals surface area contributed by atoms with Crippen LogP contribution >= 0.6 is 0 Å². The normalized spacial score (nSPS) is 17.5. The molecule has 2 aromatic rings. The fraction of sp³-hybridized carbons (Fsp3) is 0.556. The van der Waals surface area contributed by atoms with Crippen molar-refractivity contribution in [3.63, 3.8) is 0 Å². The van der Waals surface area contributed by atoms with Gasteiger partial charge in [-0.1, -0.05) is 13.8 Å². The molecule has 8 heteroatoms. The van der Waals surface area contributed by atoms with E-state index < -0.39 is 0 Å². The Morgan fingerprint density at radius 1 is 1.31 bits per heavy atom. The minimum absolute atomic E-state index is 0.122. The maximum absolute atomic E-state index is 12.7. The van der Waals surface area contributed by atoms with Crippen molar-refractivity contribution in [1.29, 1.82) is 0 Å². The summed E-state index contributed by atoms with van der Waals surface area (Å²) in [6.07, 6.45) is 7.19. The Morgan fingerprint density at radius 2 is 2.12 bits per heavy atom. The topological polar surface area (TPSA) is 85.2 Å². The Labute approximate surface area is 153 Å². The lowest BCUT2D eigenvalue weighted by Gasteiger charge is -2.33. The maximum atomic E-state index is 12.7. The molecule has 1 aliphatic heterocycles. The lowest BCUT2D eigenvalue weighted by atomic mass is 10.1. The van der Waals surface area contributed by atoms with Gasteiger partial charge >= 0.3 is 0 Å². The molecule has 1 amide bonds. The van der Waals surface area contributed by atoms with E-state index in [2.05, 4.69) is 38.7 Å². The number of ether oxygens (including phenoxy) is 1. The van der Waals surface area contributed by atoms with Crippen LogP contribution in [0.4, 0.5) is 5.82 Å².